The highest BCUT2D eigenvalue weighted by Crippen LogP contribution is 2.34. The van der Waals surface area contributed by atoms with E-state index in [1.54, 1.807) is 16.8 Å². The van der Waals surface area contributed by atoms with E-state index in [9.17, 15) is 4.79 Å². The van der Waals surface area contributed by atoms with Crippen LogP contribution in [0.25, 0.3) is 0 Å². The van der Waals surface area contributed by atoms with E-state index in [0.717, 1.165) is 17.8 Å². The summed E-state index contributed by atoms with van der Waals surface area (Å²) in [5.74, 6) is 0.818. The summed E-state index contributed by atoms with van der Waals surface area (Å²) in [6.07, 6.45) is 1.56. The van der Waals surface area contributed by atoms with Gasteiger partial charge in [-0.05, 0) is 18.6 Å². The Hall–Kier alpha value is -2.01. The third kappa shape index (κ3) is 3.36. The van der Waals surface area contributed by atoms with Crippen molar-refractivity contribution in [2.75, 3.05) is 7.11 Å². The standard InChI is InChI=1S/C15H17ClN2O3/c1-4-12-7-13(18(2)17-12)9-21-15-10(8-19)5-11(16)6-14(15)20-3/h5-8H,4,9H2,1-3H3. The molecule has 2 aromatic rings. The Bertz CT molecular complexity index is 653. The van der Waals surface area contributed by atoms with Crippen molar-refractivity contribution in [3.05, 3.63) is 40.2 Å². The van der Waals surface area contributed by atoms with E-state index in [0.29, 0.717) is 35.0 Å². The molecule has 1 aromatic heterocycles. The maximum absolute atomic E-state index is 11.2. The quantitative estimate of drug-likeness (QED) is 0.770. The van der Waals surface area contributed by atoms with Crippen molar-refractivity contribution in [2.45, 2.75) is 20.0 Å². The predicted molar refractivity (Wildman–Crippen MR) is 80.3 cm³/mol. The maximum atomic E-state index is 11.2. The number of halogens is 1. The molecular weight excluding hydrogens is 292 g/mol. The van der Waals surface area contributed by atoms with E-state index in [2.05, 4.69) is 5.10 Å². The Kier molecular flexibility index (Phi) is 4.85. The number of nitrogens with zero attached hydrogens (tertiary/aromatic N) is 2. The van der Waals surface area contributed by atoms with Gasteiger partial charge in [0, 0.05) is 18.1 Å². The number of carbonyl (C=O) groups is 1. The Balaban J connectivity index is 2.26. The number of carbonyl (C=O) groups excluding carboxylic acids is 1. The summed E-state index contributed by atoms with van der Waals surface area (Å²) < 4.78 is 12.7. The van der Waals surface area contributed by atoms with Gasteiger partial charge in [0.15, 0.2) is 17.8 Å². The van der Waals surface area contributed by atoms with E-state index in [4.69, 9.17) is 21.1 Å². The van der Waals surface area contributed by atoms with Gasteiger partial charge in [-0.2, -0.15) is 5.10 Å². The van der Waals surface area contributed by atoms with Gasteiger partial charge in [-0.3, -0.25) is 9.48 Å². The number of aldehydes is 1. The molecule has 0 saturated heterocycles. The average molecular weight is 309 g/mol. The van der Waals surface area contributed by atoms with Gasteiger partial charge in [0.2, 0.25) is 0 Å². The van der Waals surface area contributed by atoms with Gasteiger partial charge in [-0.25, -0.2) is 0 Å². The van der Waals surface area contributed by atoms with E-state index < -0.39 is 0 Å². The zero-order valence-electron chi connectivity index (χ0n) is 12.2. The van der Waals surface area contributed by atoms with E-state index in [1.165, 1.54) is 7.11 Å². The number of ether oxygens (including phenoxy) is 2. The Morgan fingerprint density at radius 1 is 1.38 bits per heavy atom. The number of hydrogen-bond acceptors (Lipinski definition) is 4. The molecule has 0 saturated carbocycles. The van der Waals surface area contributed by atoms with Crippen LogP contribution in [0.4, 0.5) is 0 Å². The normalized spacial score (nSPS) is 10.5. The van der Waals surface area contributed by atoms with Crippen molar-refractivity contribution in [3.63, 3.8) is 0 Å². The van der Waals surface area contributed by atoms with Crippen LogP contribution in [0.15, 0.2) is 18.2 Å². The number of methoxy groups -OCH3 is 1. The van der Waals surface area contributed by atoms with Crippen LogP contribution in [-0.2, 0) is 20.1 Å². The molecule has 0 aliphatic rings. The highest BCUT2D eigenvalue weighted by Gasteiger charge is 2.14. The Labute approximate surface area is 128 Å². The lowest BCUT2D eigenvalue weighted by Crippen LogP contribution is -2.05. The first kappa shape index (κ1) is 15.4. The molecule has 21 heavy (non-hydrogen) atoms. The van der Waals surface area contributed by atoms with Crippen LogP contribution in [-0.4, -0.2) is 23.2 Å². The molecule has 0 spiro atoms. The smallest absolute Gasteiger partial charge is 0.172 e. The lowest BCUT2D eigenvalue weighted by atomic mass is 10.2. The van der Waals surface area contributed by atoms with Crippen molar-refractivity contribution in [1.82, 2.24) is 9.78 Å². The first-order valence-corrected chi connectivity index (χ1v) is 6.94. The minimum atomic E-state index is 0.294. The van der Waals surface area contributed by atoms with Gasteiger partial charge >= 0.3 is 0 Å². The summed E-state index contributed by atoms with van der Waals surface area (Å²) in [5.41, 5.74) is 2.27. The van der Waals surface area contributed by atoms with Crippen molar-refractivity contribution in [3.8, 4) is 11.5 Å². The average Bonchev–Trinajstić information content (AvgIpc) is 2.85. The van der Waals surface area contributed by atoms with Crippen molar-refractivity contribution in [1.29, 1.82) is 0 Å². The summed E-state index contributed by atoms with van der Waals surface area (Å²) in [6, 6.07) is 5.14. The molecule has 0 radical (unpaired) electrons. The number of rotatable bonds is 6. The topological polar surface area (TPSA) is 53.4 Å². The molecule has 112 valence electrons. The summed E-state index contributed by atoms with van der Waals surface area (Å²) in [5, 5.41) is 4.78. The Morgan fingerprint density at radius 3 is 2.71 bits per heavy atom. The third-order valence-electron chi connectivity index (χ3n) is 3.15. The molecule has 5 nitrogen and oxygen atoms in total. The second kappa shape index (κ2) is 6.63. The zero-order chi connectivity index (χ0) is 15.4. The molecular formula is C15H17ClN2O3. The lowest BCUT2D eigenvalue weighted by molar-refractivity contribution is 0.111. The van der Waals surface area contributed by atoms with Crippen LogP contribution in [0.1, 0.15) is 28.7 Å². The summed E-state index contributed by atoms with van der Waals surface area (Å²) in [6.45, 7) is 2.34. The van der Waals surface area contributed by atoms with Crippen molar-refractivity contribution in [2.24, 2.45) is 7.05 Å². The molecule has 0 fully saturated rings. The molecule has 0 bridgehead atoms. The van der Waals surface area contributed by atoms with E-state index in [-0.39, 0.29) is 0 Å². The molecule has 2 rings (SSSR count). The third-order valence-corrected chi connectivity index (χ3v) is 3.37. The largest absolute Gasteiger partial charge is 0.493 e. The van der Waals surface area contributed by atoms with Crippen LogP contribution >= 0.6 is 11.6 Å². The molecule has 1 heterocycles. The second-order valence-corrected chi connectivity index (χ2v) is 4.97. The maximum Gasteiger partial charge on any atom is 0.172 e. The van der Waals surface area contributed by atoms with Crippen LogP contribution in [0.2, 0.25) is 5.02 Å². The van der Waals surface area contributed by atoms with Crippen molar-refractivity contribution < 1.29 is 14.3 Å². The van der Waals surface area contributed by atoms with Crippen LogP contribution in [0.5, 0.6) is 11.5 Å². The van der Waals surface area contributed by atoms with Crippen LogP contribution in [0.3, 0.4) is 0 Å². The van der Waals surface area contributed by atoms with Crippen LogP contribution < -0.4 is 9.47 Å². The minimum absolute atomic E-state index is 0.294. The van der Waals surface area contributed by atoms with Gasteiger partial charge < -0.3 is 9.47 Å². The molecule has 0 N–H and O–H groups in total. The van der Waals surface area contributed by atoms with Gasteiger partial charge in [0.05, 0.1) is 24.1 Å². The lowest BCUT2D eigenvalue weighted by Gasteiger charge is -2.13. The number of aryl methyl sites for hydroxylation is 2. The molecule has 0 unspecified atom stereocenters. The Morgan fingerprint density at radius 2 is 2.14 bits per heavy atom. The van der Waals surface area contributed by atoms with Gasteiger partial charge in [0.1, 0.15) is 6.61 Å². The minimum Gasteiger partial charge on any atom is -0.493 e. The molecule has 0 aliphatic heterocycles. The molecule has 1 aromatic carbocycles. The van der Waals surface area contributed by atoms with Gasteiger partial charge in [-0.15, -0.1) is 0 Å². The first-order chi connectivity index (χ1) is 10.1. The summed E-state index contributed by atoms with van der Waals surface area (Å²) >= 11 is 5.94. The number of benzene rings is 1. The number of aromatic nitrogens is 2. The zero-order valence-corrected chi connectivity index (χ0v) is 13.0. The SMILES string of the molecule is CCc1cc(COc2c(C=O)cc(Cl)cc2OC)n(C)n1. The highest BCUT2D eigenvalue weighted by molar-refractivity contribution is 6.31. The molecule has 6 heteroatoms. The first-order valence-electron chi connectivity index (χ1n) is 6.56. The van der Waals surface area contributed by atoms with E-state index in [1.807, 2.05) is 20.0 Å². The summed E-state index contributed by atoms with van der Waals surface area (Å²) in [4.78, 5) is 11.2. The number of hydrogen-bond donors (Lipinski definition) is 0. The monoisotopic (exact) mass is 308 g/mol. The second-order valence-electron chi connectivity index (χ2n) is 4.54. The highest BCUT2D eigenvalue weighted by atomic mass is 35.5. The predicted octanol–water partition coefficient (Wildman–Crippen LogP) is 3.04. The van der Waals surface area contributed by atoms with Gasteiger partial charge in [-0.1, -0.05) is 18.5 Å². The van der Waals surface area contributed by atoms with Gasteiger partial charge in [0.25, 0.3) is 0 Å². The fraction of sp³-hybridized carbons (Fsp3) is 0.333. The molecule has 0 amide bonds. The molecule has 0 atom stereocenters. The van der Waals surface area contributed by atoms with Crippen molar-refractivity contribution >= 4 is 17.9 Å². The fourth-order valence-corrected chi connectivity index (χ4v) is 2.22. The van der Waals surface area contributed by atoms with E-state index >= 15 is 0 Å². The summed E-state index contributed by atoms with van der Waals surface area (Å²) in [7, 11) is 3.37. The molecule has 0 aliphatic carbocycles. The fourth-order valence-electron chi connectivity index (χ4n) is 2.01. The van der Waals surface area contributed by atoms with Crippen LogP contribution in [0, 0.1) is 0 Å².